The molecule has 112 valence electrons. The Bertz CT molecular complexity index is 705. The standard InChI is InChI=1S/C18H18N2O2/c1-12-7-6-8-13(2)17(12)19-15-11-16(21)20(18(15)22)14-9-4-3-5-10-14/h3-10,15,19H,11H2,1-2H3. The number of anilines is 2. The smallest absolute Gasteiger partial charge is 0.256 e. The molecule has 1 aliphatic rings. The Hall–Kier alpha value is -2.62. The van der Waals surface area contributed by atoms with Gasteiger partial charge in [-0.05, 0) is 37.1 Å². The molecule has 1 N–H and O–H groups in total. The molecule has 1 atom stereocenters. The number of amides is 2. The number of nitrogens with one attached hydrogen (secondary N) is 1. The van der Waals surface area contributed by atoms with Crippen LogP contribution in [0.1, 0.15) is 17.5 Å². The van der Waals surface area contributed by atoms with Crippen LogP contribution in [0.5, 0.6) is 0 Å². The van der Waals surface area contributed by atoms with E-state index in [-0.39, 0.29) is 18.2 Å². The van der Waals surface area contributed by atoms with Crippen LogP contribution in [0.4, 0.5) is 11.4 Å². The van der Waals surface area contributed by atoms with Gasteiger partial charge in [0.25, 0.3) is 5.91 Å². The van der Waals surface area contributed by atoms with E-state index in [1.807, 2.05) is 50.2 Å². The second-order valence-corrected chi connectivity index (χ2v) is 5.57. The average Bonchev–Trinajstić information content (AvgIpc) is 2.78. The maximum atomic E-state index is 12.6. The van der Waals surface area contributed by atoms with Crippen molar-refractivity contribution in [1.82, 2.24) is 0 Å². The van der Waals surface area contributed by atoms with Gasteiger partial charge in [-0.2, -0.15) is 0 Å². The third kappa shape index (κ3) is 2.48. The number of carbonyl (C=O) groups excluding carboxylic acids is 2. The summed E-state index contributed by atoms with van der Waals surface area (Å²) < 4.78 is 0. The van der Waals surface area contributed by atoms with Crippen LogP contribution in [0.3, 0.4) is 0 Å². The van der Waals surface area contributed by atoms with Gasteiger partial charge in [-0.1, -0.05) is 36.4 Å². The first-order valence-corrected chi connectivity index (χ1v) is 7.32. The summed E-state index contributed by atoms with van der Waals surface area (Å²) in [7, 11) is 0. The number of hydrogen-bond acceptors (Lipinski definition) is 3. The van der Waals surface area contributed by atoms with Crippen molar-refractivity contribution in [3.05, 3.63) is 59.7 Å². The zero-order valence-corrected chi connectivity index (χ0v) is 12.7. The molecule has 3 rings (SSSR count). The number of carbonyl (C=O) groups is 2. The first kappa shape index (κ1) is 14.3. The summed E-state index contributed by atoms with van der Waals surface area (Å²) in [6.07, 6.45) is 0.182. The fraction of sp³-hybridized carbons (Fsp3) is 0.222. The van der Waals surface area contributed by atoms with Crippen LogP contribution in [0.2, 0.25) is 0 Å². The minimum absolute atomic E-state index is 0.167. The zero-order chi connectivity index (χ0) is 15.7. The maximum Gasteiger partial charge on any atom is 0.256 e. The van der Waals surface area contributed by atoms with E-state index in [2.05, 4.69) is 5.32 Å². The van der Waals surface area contributed by atoms with Gasteiger partial charge < -0.3 is 5.32 Å². The van der Waals surface area contributed by atoms with Gasteiger partial charge in [-0.25, -0.2) is 4.90 Å². The fourth-order valence-electron chi connectivity index (χ4n) is 2.81. The molecular weight excluding hydrogens is 276 g/mol. The molecule has 2 aromatic rings. The molecule has 4 nitrogen and oxygen atoms in total. The second-order valence-electron chi connectivity index (χ2n) is 5.57. The molecule has 4 heteroatoms. The molecule has 0 saturated carbocycles. The molecule has 0 aliphatic carbocycles. The average molecular weight is 294 g/mol. The highest BCUT2D eigenvalue weighted by molar-refractivity contribution is 6.23. The summed E-state index contributed by atoms with van der Waals surface area (Å²) >= 11 is 0. The topological polar surface area (TPSA) is 49.4 Å². The number of nitrogens with zero attached hydrogens (tertiary/aromatic N) is 1. The summed E-state index contributed by atoms with van der Waals surface area (Å²) in [6.45, 7) is 3.98. The second kappa shape index (κ2) is 5.64. The summed E-state index contributed by atoms with van der Waals surface area (Å²) in [5, 5.41) is 3.25. The Kier molecular flexibility index (Phi) is 3.67. The van der Waals surface area contributed by atoms with E-state index >= 15 is 0 Å². The molecule has 0 spiro atoms. The molecule has 1 heterocycles. The van der Waals surface area contributed by atoms with Gasteiger partial charge in [-0.15, -0.1) is 0 Å². The summed E-state index contributed by atoms with van der Waals surface area (Å²) in [5.74, 6) is -0.362. The minimum atomic E-state index is -0.507. The van der Waals surface area contributed by atoms with E-state index in [1.54, 1.807) is 12.1 Å². The van der Waals surface area contributed by atoms with E-state index in [9.17, 15) is 9.59 Å². The van der Waals surface area contributed by atoms with Crippen molar-refractivity contribution >= 4 is 23.2 Å². The van der Waals surface area contributed by atoms with Crippen LogP contribution in [-0.2, 0) is 9.59 Å². The zero-order valence-electron chi connectivity index (χ0n) is 12.7. The first-order chi connectivity index (χ1) is 10.6. The first-order valence-electron chi connectivity index (χ1n) is 7.32. The number of para-hydroxylation sites is 2. The van der Waals surface area contributed by atoms with Gasteiger partial charge in [0.1, 0.15) is 6.04 Å². The van der Waals surface area contributed by atoms with Gasteiger partial charge in [0, 0.05) is 5.69 Å². The quantitative estimate of drug-likeness (QED) is 0.885. The molecule has 1 aliphatic heterocycles. The van der Waals surface area contributed by atoms with Crippen molar-refractivity contribution in [3.63, 3.8) is 0 Å². The van der Waals surface area contributed by atoms with Crippen molar-refractivity contribution in [2.24, 2.45) is 0 Å². The lowest BCUT2D eigenvalue weighted by Gasteiger charge is -2.18. The predicted molar refractivity (Wildman–Crippen MR) is 86.9 cm³/mol. The van der Waals surface area contributed by atoms with E-state index in [0.29, 0.717) is 5.69 Å². The van der Waals surface area contributed by atoms with E-state index in [0.717, 1.165) is 16.8 Å². The lowest BCUT2D eigenvalue weighted by Crippen LogP contribution is -2.35. The maximum absolute atomic E-state index is 12.6. The Morgan fingerprint density at radius 3 is 2.23 bits per heavy atom. The summed E-state index contributed by atoms with van der Waals surface area (Å²) in [6, 6.07) is 14.5. The number of imide groups is 1. The molecule has 2 amide bonds. The highest BCUT2D eigenvalue weighted by Crippen LogP contribution is 2.27. The molecule has 1 unspecified atom stereocenters. The van der Waals surface area contributed by atoms with Gasteiger partial charge in [0.15, 0.2) is 0 Å². The lowest BCUT2D eigenvalue weighted by atomic mass is 10.1. The minimum Gasteiger partial charge on any atom is -0.373 e. The normalized spacial score (nSPS) is 17.9. The monoisotopic (exact) mass is 294 g/mol. The number of rotatable bonds is 3. The highest BCUT2D eigenvalue weighted by atomic mass is 16.2. The third-order valence-corrected chi connectivity index (χ3v) is 3.96. The van der Waals surface area contributed by atoms with Crippen molar-refractivity contribution in [2.45, 2.75) is 26.3 Å². The molecule has 1 fully saturated rings. The van der Waals surface area contributed by atoms with Gasteiger partial charge in [0.2, 0.25) is 5.91 Å². The van der Waals surface area contributed by atoms with E-state index in [4.69, 9.17) is 0 Å². The summed E-state index contributed by atoms with van der Waals surface area (Å²) in [5.41, 5.74) is 3.70. The van der Waals surface area contributed by atoms with Crippen LogP contribution in [0.25, 0.3) is 0 Å². The molecule has 2 aromatic carbocycles. The Morgan fingerprint density at radius 2 is 1.59 bits per heavy atom. The lowest BCUT2D eigenvalue weighted by molar-refractivity contribution is -0.121. The van der Waals surface area contributed by atoms with Crippen LogP contribution in [-0.4, -0.2) is 17.9 Å². The largest absolute Gasteiger partial charge is 0.373 e. The van der Waals surface area contributed by atoms with Crippen molar-refractivity contribution in [1.29, 1.82) is 0 Å². The van der Waals surface area contributed by atoms with E-state index < -0.39 is 6.04 Å². The SMILES string of the molecule is Cc1cccc(C)c1NC1CC(=O)N(c2ccccc2)C1=O. The molecule has 0 aromatic heterocycles. The van der Waals surface area contributed by atoms with Crippen LogP contribution in [0.15, 0.2) is 48.5 Å². The van der Waals surface area contributed by atoms with Crippen LogP contribution < -0.4 is 10.2 Å². The number of benzene rings is 2. The van der Waals surface area contributed by atoms with Gasteiger partial charge in [0.05, 0.1) is 12.1 Å². The van der Waals surface area contributed by atoms with Crippen molar-refractivity contribution in [3.8, 4) is 0 Å². The highest BCUT2D eigenvalue weighted by Gasteiger charge is 2.39. The van der Waals surface area contributed by atoms with E-state index in [1.165, 1.54) is 4.90 Å². The Morgan fingerprint density at radius 1 is 0.955 bits per heavy atom. The van der Waals surface area contributed by atoms with Crippen LogP contribution >= 0.6 is 0 Å². The fourth-order valence-corrected chi connectivity index (χ4v) is 2.81. The van der Waals surface area contributed by atoms with Crippen molar-refractivity contribution < 1.29 is 9.59 Å². The molecule has 0 bridgehead atoms. The molecule has 1 saturated heterocycles. The van der Waals surface area contributed by atoms with Crippen molar-refractivity contribution in [2.75, 3.05) is 10.2 Å². The molecular formula is C18H18N2O2. The van der Waals surface area contributed by atoms with Gasteiger partial charge in [-0.3, -0.25) is 9.59 Å². The Labute approximate surface area is 129 Å². The number of aryl methyl sites for hydroxylation is 2. The number of hydrogen-bond donors (Lipinski definition) is 1. The molecule has 0 radical (unpaired) electrons. The summed E-state index contributed by atoms with van der Waals surface area (Å²) in [4.78, 5) is 26.1. The van der Waals surface area contributed by atoms with Crippen LogP contribution in [0, 0.1) is 13.8 Å². The third-order valence-electron chi connectivity index (χ3n) is 3.96. The molecule has 22 heavy (non-hydrogen) atoms. The van der Waals surface area contributed by atoms with Gasteiger partial charge >= 0.3 is 0 Å². The Balaban J connectivity index is 1.86. The predicted octanol–water partition coefficient (Wildman–Crippen LogP) is 3.05.